The first-order valence-corrected chi connectivity index (χ1v) is 13.2. The summed E-state index contributed by atoms with van der Waals surface area (Å²) in [5.41, 5.74) is 0.261. The zero-order valence-corrected chi connectivity index (χ0v) is 20.8. The van der Waals surface area contributed by atoms with Crippen molar-refractivity contribution in [2.75, 3.05) is 32.7 Å². The Hall–Kier alpha value is -2.46. The quantitative estimate of drug-likeness (QED) is 0.472. The van der Waals surface area contributed by atoms with Crippen molar-refractivity contribution in [2.45, 2.75) is 62.6 Å². The van der Waals surface area contributed by atoms with E-state index in [-0.39, 0.29) is 23.6 Å². The van der Waals surface area contributed by atoms with Crippen molar-refractivity contribution >= 4 is 5.97 Å². The largest absolute Gasteiger partial charge is 0.480 e. The summed E-state index contributed by atoms with van der Waals surface area (Å²) >= 11 is 0. The second-order valence-electron chi connectivity index (χ2n) is 11.0. The van der Waals surface area contributed by atoms with Crippen molar-refractivity contribution in [3.63, 3.8) is 0 Å². The second kappa shape index (κ2) is 10.7. The summed E-state index contributed by atoms with van der Waals surface area (Å²) in [5.74, 6) is -0.667. The van der Waals surface area contributed by atoms with Gasteiger partial charge in [-0.05, 0) is 61.9 Å². The molecule has 2 aliphatic heterocycles. The Labute approximate surface area is 214 Å². The first-order valence-electron chi connectivity index (χ1n) is 13.2. The van der Waals surface area contributed by atoms with E-state index in [1.165, 1.54) is 6.07 Å². The highest BCUT2D eigenvalue weighted by Gasteiger charge is 2.42. The molecule has 0 bridgehead atoms. The molecule has 0 radical (unpaired) electrons. The first kappa shape index (κ1) is 26.2. The summed E-state index contributed by atoms with van der Waals surface area (Å²) in [4.78, 5) is 16.5. The predicted octanol–water partition coefficient (Wildman–Crippen LogP) is 5.11. The highest BCUT2D eigenvalue weighted by molar-refractivity contribution is 5.73. The SMILES string of the molecule is O=C(O)[C@@H](CC1CCC1)N1C[C@H](CN2CCC(c3cc(C(F)(F)F)n[nH]3)CC2)[C@@H](c2ccccc2F)C1. The molecule has 0 unspecified atom stereocenters. The van der Waals surface area contributed by atoms with Gasteiger partial charge in [0.1, 0.15) is 11.9 Å². The van der Waals surface area contributed by atoms with E-state index < -0.39 is 23.9 Å². The fourth-order valence-corrected chi connectivity index (χ4v) is 6.37. The number of hydrogen-bond acceptors (Lipinski definition) is 4. The number of halogens is 4. The number of piperidine rings is 1. The number of carbonyl (C=O) groups is 1. The van der Waals surface area contributed by atoms with Crippen LogP contribution in [0.15, 0.2) is 30.3 Å². The molecule has 6 nitrogen and oxygen atoms in total. The molecule has 3 atom stereocenters. The van der Waals surface area contributed by atoms with E-state index in [2.05, 4.69) is 15.1 Å². The second-order valence-corrected chi connectivity index (χ2v) is 11.0. The number of nitrogens with one attached hydrogen (secondary N) is 1. The van der Waals surface area contributed by atoms with Gasteiger partial charge >= 0.3 is 12.1 Å². The van der Waals surface area contributed by atoms with Gasteiger partial charge in [0, 0.05) is 37.2 Å². The number of alkyl halides is 3. The predicted molar refractivity (Wildman–Crippen MR) is 130 cm³/mol. The van der Waals surface area contributed by atoms with Gasteiger partial charge in [0.25, 0.3) is 0 Å². The zero-order chi connectivity index (χ0) is 26.2. The Bertz CT molecular complexity index is 1080. The lowest BCUT2D eigenvalue weighted by Gasteiger charge is -2.34. The summed E-state index contributed by atoms with van der Waals surface area (Å²) in [5, 5.41) is 16.0. The van der Waals surface area contributed by atoms with Crippen LogP contribution in [0, 0.1) is 17.7 Å². The van der Waals surface area contributed by atoms with Crippen LogP contribution in [0.5, 0.6) is 0 Å². The summed E-state index contributed by atoms with van der Waals surface area (Å²) in [7, 11) is 0. The fourth-order valence-electron chi connectivity index (χ4n) is 6.37. The van der Waals surface area contributed by atoms with Crippen molar-refractivity contribution in [3.8, 4) is 0 Å². The average molecular weight is 523 g/mol. The van der Waals surface area contributed by atoms with Crippen LogP contribution in [0.25, 0.3) is 0 Å². The number of benzene rings is 1. The number of H-pyrrole nitrogens is 1. The van der Waals surface area contributed by atoms with E-state index in [9.17, 15) is 27.5 Å². The number of nitrogens with zero attached hydrogens (tertiary/aromatic N) is 3. The molecule has 1 saturated carbocycles. The standard InChI is InChI=1S/C27H34F4N4O2/c28-22-7-2-1-6-20(22)21-16-35(24(26(36)37)12-17-4-3-5-17)15-19(21)14-34-10-8-18(9-11-34)23-13-25(33-32-23)27(29,30)31/h1-2,6-7,13,17-19,21,24H,3-5,8-12,14-16H2,(H,32,33)(H,36,37)/t19-,21-,24+/m0/s1. The minimum absolute atomic E-state index is 0.0128. The molecule has 202 valence electrons. The minimum atomic E-state index is -4.46. The van der Waals surface area contributed by atoms with E-state index in [0.29, 0.717) is 56.1 Å². The van der Waals surface area contributed by atoms with E-state index in [1.54, 1.807) is 12.1 Å². The Kier molecular flexibility index (Phi) is 7.58. The van der Waals surface area contributed by atoms with Crippen LogP contribution in [0.2, 0.25) is 0 Å². The highest BCUT2D eigenvalue weighted by atomic mass is 19.4. The molecule has 37 heavy (non-hydrogen) atoms. The van der Waals surface area contributed by atoms with Gasteiger partial charge in [0.15, 0.2) is 5.69 Å². The van der Waals surface area contributed by atoms with E-state index >= 15 is 0 Å². The topological polar surface area (TPSA) is 72.5 Å². The molecule has 0 spiro atoms. The number of carboxylic acids is 1. The summed E-state index contributed by atoms with van der Waals surface area (Å²) in [6.07, 6.45) is 0.906. The van der Waals surface area contributed by atoms with Crippen LogP contribution in [0.1, 0.15) is 67.3 Å². The van der Waals surface area contributed by atoms with Crippen molar-refractivity contribution in [2.24, 2.45) is 11.8 Å². The molecule has 2 saturated heterocycles. The number of aromatic nitrogens is 2. The molecular weight excluding hydrogens is 488 g/mol. The number of hydrogen-bond donors (Lipinski definition) is 2. The Morgan fingerprint density at radius 3 is 2.46 bits per heavy atom. The van der Waals surface area contributed by atoms with E-state index in [1.807, 2.05) is 11.0 Å². The van der Waals surface area contributed by atoms with Gasteiger partial charge in [0.2, 0.25) is 0 Å². The maximum absolute atomic E-state index is 14.8. The van der Waals surface area contributed by atoms with Crippen LogP contribution in [0.4, 0.5) is 17.6 Å². The molecule has 3 aliphatic rings. The smallest absolute Gasteiger partial charge is 0.435 e. The lowest BCUT2D eigenvalue weighted by Crippen LogP contribution is -2.43. The van der Waals surface area contributed by atoms with Crippen LogP contribution in [-0.2, 0) is 11.0 Å². The lowest BCUT2D eigenvalue weighted by molar-refractivity contribution is -0.144. The summed E-state index contributed by atoms with van der Waals surface area (Å²) in [6.45, 7) is 3.25. The number of carboxylic acid groups (broad SMARTS) is 1. The minimum Gasteiger partial charge on any atom is -0.480 e. The zero-order valence-electron chi connectivity index (χ0n) is 20.8. The third-order valence-electron chi connectivity index (χ3n) is 8.69. The van der Waals surface area contributed by atoms with Gasteiger partial charge in [-0.1, -0.05) is 37.5 Å². The number of aromatic amines is 1. The molecule has 0 amide bonds. The van der Waals surface area contributed by atoms with Crippen LogP contribution < -0.4 is 0 Å². The molecular formula is C27H34F4N4O2. The fraction of sp³-hybridized carbons (Fsp3) is 0.630. The Morgan fingerprint density at radius 2 is 1.86 bits per heavy atom. The molecule has 2 aromatic rings. The molecule has 3 fully saturated rings. The maximum atomic E-state index is 14.8. The highest BCUT2D eigenvalue weighted by Crippen LogP contribution is 2.39. The van der Waals surface area contributed by atoms with Crippen molar-refractivity contribution in [1.29, 1.82) is 0 Å². The molecule has 2 N–H and O–H groups in total. The maximum Gasteiger partial charge on any atom is 0.435 e. The van der Waals surface area contributed by atoms with Gasteiger partial charge in [-0.15, -0.1) is 0 Å². The van der Waals surface area contributed by atoms with Crippen LogP contribution >= 0.6 is 0 Å². The number of likely N-dealkylation sites (tertiary alicyclic amines) is 2. The summed E-state index contributed by atoms with van der Waals surface area (Å²) < 4.78 is 53.6. The first-order chi connectivity index (χ1) is 17.7. The third kappa shape index (κ3) is 5.85. The average Bonchev–Trinajstić information content (AvgIpc) is 3.47. The van der Waals surface area contributed by atoms with Gasteiger partial charge in [-0.25, -0.2) is 4.39 Å². The molecule has 1 aromatic carbocycles. The Morgan fingerprint density at radius 1 is 1.14 bits per heavy atom. The van der Waals surface area contributed by atoms with E-state index in [4.69, 9.17) is 0 Å². The van der Waals surface area contributed by atoms with Crippen LogP contribution in [0.3, 0.4) is 0 Å². The number of rotatable bonds is 8. The van der Waals surface area contributed by atoms with Crippen LogP contribution in [-0.4, -0.2) is 69.8 Å². The molecule has 1 aliphatic carbocycles. The molecule has 3 heterocycles. The normalized spacial score (nSPS) is 25.3. The van der Waals surface area contributed by atoms with Crippen molar-refractivity contribution in [1.82, 2.24) is 20.0 Å². The van der Waals surface area contributed by atoms with Gasteiger partial charge in [0.05, 0.1) is 0 Å². The van der Waals surface area contributed by atoms with Gasteiger partial charge < -0.3 is 10.0 Å². The lowest BCUT2D eigenvalue weighted by atomic mass is 9.80. The van der Waals surface area contributed by atoms with Crippen molar-refractivity contribution in [3.05, 3.63) is 53.1 Å². The van der Waals surface area contributed by atoms with Gasteiger partial charge in [-0.2, -0.15) is 18.3 Å². The molecule has 1 aromatic heterocycles. The third-order valence-corrected chi connectivity index (χ3v) is 8.69. The number of aliphatic carboxylic acids is 1. The molecule has 5 rings (SSSR count). The Balaban J connectivity index is 1.26. The monoisotopic (exact) mass is 522 g/mol. The molecule has 10 heteroatoms. The van der Waals surface area contributed by atoms with E-state index in [0.717, 1.165) is 38.4 Å². The van der Waals surface area contributed by atoms with Crippen molar-refractivity contribution < 1.29 is 27.5 Å². The summed E-state index contributed by atoms with van der Waals surface area (Å²) in [6, 6.07) is 7.31. The van der Waals surface area contributed by atoms with Gasteiger partial charge in [-0.3, -0.25) is 14.8 Å².